The lowest BCUT2D eigenvalue weighted by Crippen LogP contribution is -2.40. The molecular weight excluding hydrogens is 308 g/mol. The van der Waals surface area contributed by atoms with Crippen LogP contribution >= 0.6 is 0 Å². The SMILES string of the molecule is CCCCC(NC(=O)CCC(=O)n1ccc2ccccc21)C(=O)O. The van der Waals surface area contributed by atoms with Crippen LogP contribution in [0.15, 0.2) is 36.5 Å². The summed E-state index contributed by atoms with van der Waals surface area (Å²) in [7, 11) is 0. The van der Waals surface area contributed by atoms with E-state index in [0.717, 1.165) is 23.7 Å². The molecule has 1 amide bonds. The first-order chi connectivity index (χ1) is 11.5. The highest BCUT2D eigenvalue weighted by Gasteiger charge is 2.19. The fourth-order valence-corrected chi connectivity index (χ4v) is 2.57. The van der Waals surface area contributed by atoms with E-state index in [2.05, 4.69) is 5.32 Å². The fraction of sp³-hybridized carbons (Fsp3) is 0.389. The number of carbonyl (C=O) groups is 3. The minimum absolute atomic E-state index is 0.0265. The number of rotatable bonds is 8. The van der Waals surface area contributed by atoms with Crippen LogP contribution in [-0.4, -0.2) is 33.5 Å². The van der Waals surface area contributed by atoms with Crippen LogP contribution in [0.4, 0.5) is 0 Å². The molecule has 24 heavy (non-hydrogen) atoms. The molecule has 0 spiro atoms. The highest BCUT2D eigenvalue weighted by molar-refractivity contribution is 5.94. The maximum atomic E-state index is 12.3. The van der Waals surface area contributed by atoms with E-state index in [9.17, 15) is 14.4 Å². The zero-order valence-corrected chi connectivity index (χ0v) is 13.7. The lowest BCUT2D eigenvalue weighted by atomic mass is 10.1. The summed E-state index contributed by atoms with van der Waals surface area (Å²) in [5.41, 5.74) is 0.800. The van der Waals surface area contributed by atoms with Gasteiger partial charge in [0.25, 0.3) is 0 Å². The standard InChI is InChI=1S/C18H22N2O4/c1-2-3-7-14(18(23)24)19-16(21)9-10-17(22)20-12-11-13-6-4-5-8-15(13)20/h4-6,8,11-12,14H,2-3,7,9-10H2,1H3,(H,19,21)(H,23,24). The number of carbonyl (C=O) groups excluding carboxylic acids is 2. The summed E-state index contributed by atoms with van der Waals surface area (Å²) in [6.07, 6.45) is 3.68. The van der Waals surface area contributed by atoms with Crippen LogP contribution in [0.2, 0.25) is 0 Å². The number of nitrogens with zero attached hydrogens (tertiary/aromatic N) is 1. The minimum atomic E-state index is -1.04. The Balaban J connectivity index is 1.91. The van der Waals surface area contributed by atoms with Gasteiger partial charge in [0.15, 0.2) is 0 Å². The molecule has 1 unspecified atom stereocenters. The molecule has 2 aromatic rings. The summed E-state index contributed by atoms with van der Waals surface area (Å²) < 4.78 is 1.52. The Morgan fingerprint density at radius 1 is 1.17 bits per heavy atom. The van der Waals surface area contributed by atoms with Crippen molar-refractivity contribution in [3.05, 3.63) is 36.5 Å². The predicted octanol–water partition coefficient (Wildman–Crippen LogP) is 2.82. The molecule has 0 aliphatic heterocycles. The van der Waals surface area contributed by atoms with Crippen LogP contribution < -0.4 is 5.32 Å². The highest BCUT2D eigenvalue weighted by atomic mass is 16.4. The molecule has 0 fully saturated rings. The van der Waals surface area contributed by atoms with Crippen LogP contribution in [0, 0.1) is 0 Å². The Labute approximate surface area is 140 Å². The minimum Gasteiger partial charge on any atom is -0.480 e. The first kappa shape index (κ1) is 17.7. The van der Waals surface area contributed by atoms with Gasteiger partial charge in [-0.15, -0.1) is 0 Å². The number of amides is 1. The number of aromatic nitrogens is 1. The third kappa shape index (κ3) is 4.44. The van der Waals surface area contributed by atoms with E-state index in [-0.39, 0.29) is 18.7 Å². The van der Waals surface area contributed by atoms with Crippen molar-refractivity contribution in [2.45, 2.75) is 45.1 Å². The molecule has 0 aliphatic rings. The number of para-hydroxylation sites is 1. The van der Waals surface area contributed by atoms with Gasteiger partial charge in [0.05, 0.1) is 5.52 Å². The average molecular weight is 330 g/mol. The van der Waals surface area contributed by atoms with Crippen molar-refractivity contribution < 1.29 is 19.5 Å². The van der Waals surface area contributed by atoms with Gasteiger partial charge in [-0.25, -0.2) is 4.79 Å². The van der Waals surface area contributed by atoms with E-state index in [1.165, 1.54) is 4.57 Å². The maximum Gasteiger partial charge on any atom is 0.326 e. The number of hydrogen-bond acceptors (Lipinski definition) is 3. The lowest BCUT2D eigenvalue weighted by molar-refractivity contribution is -0.142. The van der Waals surface area contributed by atoms with E-state index in [0.29, 0.717) is 6.42 Å². The van der Waals surface area contributed by atoms with Gasteiger partial charge in [-0.05, 0) is 18.6 Å². The first-order valence-electron chi connectivity index (χ1n) is 8.14. The Morgan fingerprint density at radius 3 is 2.62 bits per heavy atom. The summed E-state index contributed by atoms with van der Waals surface area (Å²) in [6, 6.07) is 8.46. The second-order valence-electron chi connectivity index (χ2n) is 5.74. The van der Waals surface area contributed by atoms with Gasteiger partial charge < -0.3 is 10.4 Å². The molecule has 6 heteroatoms. The van der Waals surface area contributed by atoms with Crippen LogP contribution in [0.25, 0.3) is 10.9 Å². The zero-order valence-electron chi connectivity index (χ0n) is 13.7. The molecular formula is C18H22N2O4. The van der Waals surface area contributed by atoms with Gasteiger partial charge in [0.1, 0.15) is 6.04 Å². The van der Waals surface area contributed by atoms with Crippen LogP contribution in [-0.2, 0) is 9.59 Å². The summed E-state index contributed by atoms with van der Waals surface area (Å²) in [5.74, 6) is -1.64. The first-order valence-corrected chi connectivity index (χ1v) is 8.14. The van der Waals surface area contributed by atoms with Gasteiger partial charge >= 0.3 is 5.97 Å². The van der Waals surface area contributed by atoms with Gasteiger partial charge in [0.2, 0.25) is 11.8 Å². The molecule has 1 heterocycles. The Kier molecular flexibility index (Phi) is 6.12. The number of unbranched alkanes of at least 4 members (excludes halogenated alkanes) is 1. The smallest absolute Gasteiger partial charge is 0.326 e. The fourth-order valence-electron chi connectivity index (χ4n) is 2.57. The summed E-state index contributed by atoms with van der Waals surface area (Å²) in [5, 5.41) is 12.6. The molecule has 0 radical (unpaired) electrons. The van der Waals surface area contributed by atoms with Gasteiger partial charge in [-0.1, -0.05) is 38.0 Å². The van der Waals surface area contributed by atoms with Crippen molar-refractivity contribution in [1.29, 1.82) is 0 Å². The van der Waals surface area contributed by atoms with Crippen LogP contribution in [0.5, 0.6) is 0 Å². The molecule has 1 aromatic heterocycles. The number of benzene rings is 1. The topological polar surface area (TPSA) is 88.4 Å². The van der Waals surface area contributed by atoms with E-state index >= 15 is 0 Å². The zero-order chi connectivity index (χ0) is 17.5. The molecule has 2 N–H and O–H groups in total. The molecule has 6 nitrogen and oxygen atoms in total. The van der Waals surface area contributed by atoms with E-state index in [1.807, 2.05) is 37.3 Å². The molecule has 0 saturated heterocycles. The summed E-state index contributed by atoms with van der Waals surface area (Å²) in [4.78, 5) is 35.3. The second kappa shape index (κ2) is 8.29. The van der Waals surface area contributed by atoms with Crippen molar-refractivity contribution in [2.75, 3.05) is 0 Å². The Morgan fingerprint density at radius 2 is 1.92 bits per heavy atom. The third-order valence-corrected chi connectivity index (χ3v) is 3.91. The van der Waals surface area contributed by atoms with Crippen molar-refractivity contribution >= 4 is 28.7 Å². The van der Waals surface area contributed by atoms with Gasteiger partial charge in [-0.2, -0.15) is 0 Å². The Bertz CT molecular complexity index is 735. The molecule has 0 bridgehead atoms. The molecule has 0 saturated carbocycles. The van der Waals surface area contributed by atoms with E-state index in [1.54, 1.807) is 6.20 Å². The van der Waals surface area contributed by atoms with Crippen LogP contribution in [0.3, 0.4) is 0 Å². The van der Waals surface area contributed by atoms with Crippen molar-refractivity contribution in [3.63, 3.8) is 0 Å². The Hall–Kier alpha value is -2.63. The number of nitrogens with one attached hydrogen (secondary N) is 1. The lowest BCUT2D eigenvalue weighted by Gasteiger charge is -2.14. The second-order valence-corrected chi connectivity index (χ2v) is 5.74. The third-order valence-electron chi connectivity index (χ3n) is 3.91. The largest absolute Gasteiger partial charge is 0.480 e. The van der Waals surface area contributed by atoms with Crippen LogP contribution in [0.1, 0.15) is 43.8 Å². The monoisotopic (exact) mass is 330 g/mol. The molecule has 128 valence electrons. The van der Waals surface area contributed by atoms with Crippen molar-refractivity contribution in [1.82, 2.24) is 9.88 Å². The molecule has 0 aliphatic carbocycles. The molecule has 2 rings (SSSR count). The van der Waals surface area contributed by atoms with E-state index < -0.39 is 17.9 Å². The van der Waals surface area contributed by atoms with Crippen molar-refractivity contribution in [2.24, 2.45) is 0 Å². The van der Waals surface area contributed by atoms with Gasteiger partial charge in [-0.3, -0.25) is 14.2 Å². The quantitative estimate of drug-likeness (QED) is 0.779. The highest BCUT2D eigenvalue weighted by Crippen LogP contribution is 2.15. The summed E-state index contributed by atoms with van der Waals surface area (Å²) >= 11 is 0. The average Bonchev–Trinajstić information content (AvgIpc) is 3.00. The predicted molar refractivity (Wildman–Crippen MR) is 90.9 cm³/mol. The molecule has 1 aromatic carbocycles. The number of carboxylic acid groups (broad SMARTS) is 1. The molecule has 1 atom stereocenters. The van der Waals surface area contributed by atoms with Crippen molar-refractivity contribution in [3.8, 4) is 0 Å². The number of aliphatic carboxylic acids is 1. The number of fused-ring (bicyclic) bond motifs is 1. The van der Waals surface area contributed by atoms with E-state index in [4.69, 9.17) is 5.11 Å². The number of carboxylic acids is 1. The summed E-state index contributed by atoms with van der Waals surface area (Å²) in [6.45, 7) is 1.96. The normalized spacial score (nSPS) is 12.0. The maximum absolute atomic E-state index is 12.3. The number of hydrogen-bond donors (Lipinski definition) is 2. The van der Waals surface area contributed by atoms with Gasteiger partial charge in [0, 0.05) is 24.4 Å².